The lowest BCUT2D eigenvalue weighted by molar-refractivity contribution is 0.267. The van der Waals surface area contributed by atoms with E-state index in [9.17, 15) is 16.8 Å². The van der Waals surface area contributed by atoms with Crippen LogP contribution in [0.2, 0.25) is 0 Å². The Morgan fingerprint density at radius 3 is 1.17 bits per heavy atom. The minimum absolute atomic E-state index is 0.0420. The van der Waals surface area contributed by atoms with Crippen LogP contribution in [0.25, 0.3) is 0 Å². The molecule has 0 amide bonds. The van der Waals surface area contributed by atoms with Crippen molar-refractivity contribution in [2.75, 3.05) is 24.7 Å². The predicted octanol–water partition coefficient (Wildman–Crippen LogP) is 3.33. The summed E-state index contributed by atoms with van der Waals surface area (Å²) in [7, 11) is -7.00. The molecule has 0 aliphatic rings. The summed E-state index contributed by atoms with van der Waals surface area (Å²) < 4.78 is 57.1. The second-order valence-corrected chi connectivity index (χ2v) is 9.53. The molecule has 0 fully saturated rings. The van der Waals surface area contributed by atoms with Gasteiger partial charge in [-0.25, -0.2) is 0 Å². The van der Waals surface area contributed by atoms with E-state index in [2.05, 4.69) is 0 Å². The average molecular weight is 387 g/mol. The van der Waals surface area contributed by atoms with Gasteiger partial charge in [0, 0.05) is 0 Å². The van der Waals surface area contributed by atoms with Gasteiger partial charge in [-0.05, 0) is 24.7 Å². The predicted molar refractivity (Wildman–Crippen MR) is 96.9 cm³/mol. The van der Waals surface area contributed by atoms with Crippen LogP contribution in [0.5, 0.6) is 0 Å². The standard InChI is InChI=1S/C16H34O6S2/c1-5-15(6-2)13-23(17,18)21-11-9-10-12-22-24(19,20)14-16(7-3)8-4/h15-16H,5-14H2,1-4H3. The second kappa shape index (κ2) is 12.2. The van der Waals surface area contributed by atoms with Crippen molar-refractivity contribution in [3.63, 3.8) is 0 Å². The summed E-state index contributed by atoms with van der Waals surface area (Å²) in [4.78, 5) is 0. The van der Waals surface area contributed by atoms with Gasteiger partial charge in [0.2, 0.25) is 0 Å². The van der Waals surface area contributed by atoms with Crippen molar-refractivity contribution in [3.8, 4) is 0 Å². The lowest BCUT2D eigenvalue weighted by atomic mass is 10.1. The summed E-state index contributed by atoms with van der Waals surface area (Å²) >= 11 is 0. The van der Waals surface area contributed by atoms with Crippen molar-refractivity contribution < 1.29 is 25.2 Å². The molecule has 0 saturated heterocycles. The zero-order valence-corrected chi connectivity index (χ0v) is 17.1. The number of rotatable bonds is 15. The van der Waals surface area contributed by atoms with Gasteiger partial charge in [-0.2, -0.15) is 16.8 Å². The molecule has 0 saturated carbocycles. The van der Waals surface area contributed by atoms with Gasteiger partial charge < -0.3 is 0 Å². The summed E-state index contributed by atoms with van der Waals surface area (Å²) in [5, 5.41) is 0. The minimum Gasteiger partial charge on any atom is -0.270 e. The third-order valence-electron chi connectivity index (χ3n) is 4.25. The lowest BCUT2D eigenvalue weighted by Gasteiger charge is -2.13. The highest BCUT2D eigenvalue weighted by Gasteiger charge is 2.18. The van der Waals surface area contributed by atoms with Crippen molar-refractivity contribution >= 4 is 20.2 Å². The highest BCUT2D eigenvalue weighted by atomic mass is 32.2. The topological polar surface area (TPSA) is 86.7 Å². The maximum atomic E-state index is 11.8. The first-order valence-corrected chi connectivity index (χ1v) is 12.1. The Balaban J connectivity index is 3.98. The first-order chi connectivity index (χ1) is 11.2. The molecule has 8 heteroatoms. The molecular weight excluding hydrogens is 352 g/mol. The van der Waals surface area contributed by atoms with Crippen LogP contribution in [0.15, 0.2) is 0 Å². The first-order valence-electron chi connectivity index (χ1n) is 8.93. The van der Waals surface area contributed by atoms with Crippen LogP contribution in [-0.2, 0) is 28.6 Å². The molecule has 0 aromatic heterocycles. The Kier molecular flexibility index (Phi) is 12.1. The fourth-order valence-electron chi connectivity index (χ4n) is 2.30. The lowest BCUT2D eigenvalue weighted by Crippen LogP contribution is -2.19. The monoisotopic (exact) mass is 386 g/mol. The number of hydrogen-bond donors (Lipinski definition) is 0. The molecular formula is C16H34O6S2. The van der Waals surface area contributed by atoms with E-state index in [1.807, 2.05) is 27.7 Å². The summed E-state index contributed by atoms with van der Waals surface area (Å²) in [5.74, 6) is 0.322. The third-order valence-corrected chi connectivity index (χ3v) is 7.06. The largest absolute Gasteiger partial charge is 0.270 e. The maximum Gasteiger partial charge on any atom is 0.267 e. The van der Waals surface area contributed by atoms with E-state index in [4.69, 9.17) is 8.37 Å². The van der Waals surface area contributed by atoms with E-state index >= 15 is 0 Å². The fraction of sp³-hybridized carbons (Fsp3) is 1.00. The minimum atomic E-state index is -3.50. The van der Waals surface area contributed by atoms with Crippen molar-refractivity contribution in [2.24, 2.45) is 11.8 Å². The summed E-state index contributed by atoms with van der Waals surface area (Å²) in [6.07, 6.45) is 4.12. The maximum absolute atomic E-state index is 11.8. The SMILES string of the molecule is CCC(CC)CS(=O)(=O)OCCCCOS(=O)(=O)CC(CC)CC. The Labute approximate surface area is 148 Å². The molecule has 0 spiro atoms. The number of unbranched alkanes of at least 4 members (excludes halogenated alkanes) is 1. The van der Waals surface area contributed by atoms with Crippen LogP contribution < -0.4 is 0 Å². The molecule has 0 N–H and O–H groups in total. The quantitative estimate of drug-likeness (QED) is 0.317. The smallest absolute Gasteiger partial charge is 0.267 e. The van der Waals surface area contributed by atoms with Crippen LogP contribution in [0.3, 0.4) is 0 Å². The second-order valence-electron chi connectivity index (χ2n) is 6.16. The zero-order valence-electron chi connectivity index (χ0n) is 15.5. The van der Waals surface area contributed by atoms with Gasteiger partial charge in [0.05, 0.1) is 24.7 Å². The van der Waals surface area contributed by atoms with Gasteiger partial charge in [0.25, 0.3) is 20.2 Å². The van der Waals surface area contributed by atoms with E-state index in [0.29, 0.717) is 12.8 Å². The van der Waals surface area contributed by atoms with Crippen LogP contribution >= 0.6 is 0 Å². The summed E-state index contributed by atoms with van der Waals surface area (Å²) in [6.45, 7) is 7.98. The van der Waals surface area contributed by atoms with Crippen LogP contribution in [0.1, 0.15) is 66.2 Å². The first kappa shape index (κ1) is 23.8. The third kappa shape index (κ3) is 11.4. The summed E-state index contributed by atoms with van der Waals surface area (Å²) in [6, 6.07) is 0. The Hall–Kier alpha value is -0.180. The van der Waals surface area contributed by atoms with Gasteiger partial charge in [-0.3, -0.25) is 8.37 Å². The average Bonchev–Trinajstić information content (AvgIpc) is 2.53. The van der Waals surface area contributed by atoms with Gasteiger partial charge in [0.15, 0.2) is 0 Å². The van der Waals surface area contributed by atoms with Gasteiger partial charge >= 0.3 is 0 Å². The Bertz CT molecular complexity index is 457. The molecule has 0 aromatic rings. The molecule has 6 nitrogen and oxygen atoms in total. The van der Waals surface area contributed by atoms with Crippen LogP contribution in [0.4, 0.5) is 0 Å². The molecule has 146 valence electrons. The van der Waals surface area contributed by atoms with Crippen LogP contribution in [-0.4, -0.2) is 41.6 Å². The fourth-order valence-corrected chi connectivity index (χ4v) is 5.33. The van der Waals surface area contributed by atoms with E-state index in [-0.39, 0.29) is 36.6 Å². The van der Waals surface area contributed by atoms with Crippen LogP contribution in [0, 0.1) is 11.8 Å². The van der Waals surface area contributed by atoms with E-state index in [0.717, 1.165) is 25.7 Å². The van der Waals surface area contributed by atoms with Gasteiger partial charge in [0.1, 0.15) is 0 Å². The molecule has 0 heterocycles. The highest BCUT2D eigenvalue weighted by molar-refractivity contribution is 7.86. The Morgan fingerprint density at radius 2 is 0.917 bits per heavy atom. The van der Waals surface area contributed by atoms with E-state index < -0.39 is 20.2 Å². The molecule has 24 heavy (non-hydrogen) atoms. The van der Waals surface area contributed by atoms with E-state index in [1.54, 1.807) is 0 Å². The van der Waals surface area contributed by atoms with Gasteiger partial charge in [-0.1, -0.05) is 53.4 Å². The molecule has 0 atom stereocenters. The van der Waals surface area contributed by atoms with Crippen molar-refractivity contribution in [1.82, 2.24) is 0 Å². The molecule has 0 aliphatic heterocycles. The molecule has 0 rings (SSSR count). The van der Waals surface area contributed by atoms with Crippen molar-refractivity contribution in [1.29, 1.82) is 0 Å². The normalized spacial score (nSPS) is 13.1. The molecule has 0 unspecified atom stereocenters. The summed E-state index contributed by atoms with van der Waals surface area (Å²) in [5.41, 5.74) is 0. The molecule has 0 radical (unpaired) electrons. The zero-order chi connectivity index (χ0) is 18.6. The number of hydrogen-bond acceptors (Lipinski definition) is 6. The Morgan fingerprint density at radius 1 is 0.625 bits per heavy atom. The van der Waals surface area contributed by atoms with Gasteiger partial charge in [-0.15, -0.1) is 0 Å². The highest BCUT2D eigenvalue weighted by Crippen LogP contribution is 2.13. The molecule has 0 aliphatic carbocycles. The molecule has 0 aromatic carbocycles. The molecule has 0 bridgehead atoms. The van der Waals surface area contributed by atoms with Crippen molar-refractivity contribution in [2.45, 2.75) is 66.2 Å². The van der Waals surface area contributed by atoms with Crippen molar-refractivity contribution in [3.05, 3.63) is 0 Å². The van der Waals surface area contributed by atoms with E-state index in [1.165, 1.54) is 0 Å².